The zero-order valence-electron chi connectivity index (χ0n) is 7.94. The van der Waals surface area contributed by atoms with Crippen LogP contribution in [0.4, 0.5) is 4.39 Å². The van der Waals surface area contributed by atoms with E-state index in [1.165, 1.54) is 0 Å². The van der Waals surface area contributed by atoms with Crippen LogP contribution in [0, 0.1) is 6.92 Å². The van der Waals surface area contributed by atoms with Gasteiger partial charge < -0.3 is 5.11 Å². The van der Waals surface area contributed by atoms with Crippen molar-refractivity contribution < 1.29 is 13.7 Å². The molecule has 2 nitrogen and oxygen atoms in total. The van der Waals surface area contributed by atoms with Gasteiger partial charge in [0, 0.05) is 4.90 Å². The second kappa shape index (κ2) is 5.22. The predicted octanol–water partition coefficient (Wildman–Crippen LogP) is 1.43. The maximum atomic E-state index is 11.9. The Hall–Kier alpha value is -0.740. The molecule has 0 radical (unpaired) electrons. The van der Waals surface area contributed by atoms with Crippen molar-refractivity contribution in [1.82, 2.24) is 0 Å². The minimum atomic E-state index is -1.31. The molecule has 14 heavy (non-hydrogen) atoms. The first-order chi connectivity index (χ1) is 6.63. The summed E-state index contributed by atoms with van der Waals surface area (Å²) in [5, 5.41) is 8.98. The number of alkyl halides is 1. The summed E-state index contributed by atoms with van der Waals surface area (Å²) in [5.41, 5.74) is 1.08. The second-order valence-electron chi connectivity index (χ2n) is 3.13. The number of halogens is 1. The summed E-state index contributed by atoms with van der Waals surface area (Å²) >= 11 is 0. The Bertz CT molecular complexity index is 310. The number of aliphatic hydroxyl groups is 1. The van der Waals surface area contributed by atoms with Gasteiger partial charge in [-0.25, -0.2) is 4.39 Å². The molecule has 0 aliphatic carbocycles. The Balaban J connectivity index is 2.65. The highest BCUT2D eigenvalue weighted by atomic mass is 32.2. The molecule has 0 saturated heterocycles. The van der Waals surface area contributed by atoms with Gasteiger partial charge in [0.25, 0.3) is 0 Å². The lowest BCUT2D eigenvalue weighted by molar-refractivity contribution is 0.161. The Morgan fingerprint density at radius 1 is 1.43 bits per heavy atom. The first kappa shape index (κ1) is 11.3. The normalized spacial score (nSPS) is 15.1. The molecule has 0 spiro atoms. The van der Waals surface area contributed by atoms with Crippen molar-refractivity contribution in [1.29, 1.82) is 0 Å². The van der Waals surface area contributed by atoms with E-state index in [9.17, 15) is 8.60 Å². The molecule has 0 heterocycles. The first-order valence-electron chi connectivity index (χ1n) is 4.32. The second-order valence-corrected chi connectivity index (χ2v) is 4.63. The predicted molar refractivity (Wildman–Crippen MR) is 54.4 cm³/mol. The van der Waals surface area contributed by atoms with Gasteiger partial charge in [0.2, 0.25) is 0 Å². The number of aliphatic hydroxyl groups excluding tert-OH is 1. The van der Waals surface area contributed by atoms with Crippen molar-refractivity contribution in [2.75, 3.05) is 12.4 Å². The van der Waals surface area contributed by atoms with E-state index in [1.807, 2.05) is 19.1 Å². The largest absolute Gasteiger partial charge is 0.389 e. The molecule has 78 valence electrons. The summed E-state index contributed by atoms with van der Waals surface area (Å²) < 4.78 is 23.5. The monoisotopic (exact) mass is 216 g/mol. The fourth-order valence-corrected chi connectivity index (χ4v) is 2.08. The molecule has 0 bridgehead atoms. The van der Waals surface area contributed by atoms with Crippen LogP contribution in [0.5, 0.6) is 0 Å². The summed E-state index contributed by atoms with van der Waals surface area (Å²) in [6, 6.07) is 7.15. The van der Waals surface area contributed by atoms with Crippen LogP contribution in [0.1, 0.15) is 5.56 Å². The molecule has 1 aromatic rings. The van der Waals surface area contributed by atoms with Gasteiger partial charge in [0.15, 0.2) is 0 Å². The van der Waals surface area contributed by atoms with Crippen LogP contribution >= 0.6 is 0 Å². The van der Waals surface area contributed by atoms with Crippen LogP contribution in [-0.4, -0.2) is 27.8 Å². The zero-order chi connectivity index (χ0) is 10.6. The Morgan fingerprint density at radius 2 is 2.00 bits per heavy atom. The van der Waals surface area contributed by atoms with Gasteiger partial charge in [0.1, 0.15) is 6.67 Å². The molecule has 4 heteroatoms. The van der Waals surface area contributed by atoms with Crippen LogP contribution in [0.15, 0.2) is 29.2 Å². The topological polar surface area (TPSA) is 37.3 Å². The standard InChI is InChI=1S/C10H13FO2S/c1-8-2-4-10(5-3-8)14(13)7-9(12)6-11/h2-5,9,12H,6-7H2,1H3/t9-,14?/m0/s1. The van der Waals surface area contributed by atoms with Crippen molar-refractivity contribution >= 4 is 10.8 Å². The van der Waals surface area contributed by atoms with Crippen LogP contribution in [-0.2, 0) is 10.8 Å². The molecular formula is C10H13FO2S. The third-order valence-corrected chi connectivity index (χ3v) is 3.29. The van der Waals surface area contributed by atoms with Crippen molar-refractivity contribution in [3.8, 4) is 0 Å². The van der Waals surface area contributed by atoms with Gasteiger partial charge in [0.05, 0.1) is 22.7 Å². The fourth-order valence-electron chi connectivity index (χ4n) is 1.01. The molecule has 0 saturated carbocycles. The van der Waals surface area contributed by atoms with Crippen molar-refractivity contribution in [2.45, 2.75) is 17.9 Å². The van der Waals surface area contributed by atoms with Crippen molar-refractivity contribution in [2.24, 2.45) is 0 Å². The number of hydrogen-bond acceptors (Lipinski definition) is 2. The average molecular weight is 216 g/mol. The summed E-state index contributed by atoms with van der Waals surface area (Å²) in [7, 11) is -1.31. The van der Waals surface area contributed by atoms with Gasteiger partial charge in [-0.1, -0.05) is 17.7 Å². The molecule has 1 unspecified atom stereocenters. The smallest absolute Gasteiger partial charge is 0.116 e. The fraction of sp³-hybridized carbons (Fsp3) is 0.400. The molecule has 1 rings (SSSR count). The quantitative estimate of drug-likeness (QED) is 0.826. The molecule has 0 amide bonds. The zero-order valence-corrected chi connectivity index (χ0v) is 8.76. The van der Waals surface area contributed by atoms with Crippen LogP contribution in [0.25, 0.3) is 0 Å². The van der Waals surface area contributed by atoms with Gasteiger partial charge >= 0.3 is 0 Å². The third-order valence-electron chi connectivity index (χ3n) is 1.81. The molecular weight excluding hydrogens is 203 g/mol. The molecule has 1 N–H and O–H groups in total. The van der Waals surface area contributed by atoms with Crippen LogP contribution in [0.2, 0.25) is 0 Å². The van der Waals surface area contributed by atoms with E-state index < -0.39 is 23.6 Å². The highest BCUT2D eigenvalue weighted by Gasteiger charge is 2.10. The van der Waals surface area contributed by atoms with Gasteiger partial charge in [-0.2, -0.15) is 0 Å². The van der Waals surface area contributed by atoms with E-state index in [4.69, 9.17) is 5.11 Å². The van der Waals surface area contributed by atoms with E-state index in [1.54, 1.807) is 12.1 Å². The van der Waals surface area contributed by atoms with Crippen molar-refractivity contribution in [3.05, 3.63) is 29.8 Å². The molecule has 0 aliphatic heterocycles. The molecule has 1 aromatic carbocycles. The van der Waals surface area contributed by atoms with E-state index >= 15 is 0 Å². The summed E-state index contributed by atoms with van der Waals surface area (Å²) in [6.45, 7) is 1.08. The molecule has 2 atom stereocenters. The maximum Gasteiger partial charge on any atom is 0.116 e. The van der Waals surface area contributed by atoms with Gasteiger partial charge in [-0.3, -0.25) is 4.21 Å². The van der Waals surface area contributed by atoms with Crippen LogP contribution in [0.3, 0.4) is 0 Å². The Labute approximate surface area is 85.2 Å². The maximum absolute atomic E-state index is 11.9. The summed E-state index contributed by atoms with van der Waals surface area (Å²) in [4.78, 5) is 0.628. The molecule has 0 aliphatic rings. The molecule has 0 aromatic heterocycles. The SMILES string of the molecule is Cc1ccc(S(=O)C[C@@H](O)CF)cc1. The van der Waals surface area contributed by atoms with E-state index in [-0.39, 0.29) is 5.75 Å². The van der Waals surface area contributed by atoms with Gasteiger partial charge in [-0.15, -0.1) is 0 Å². The van der Waals surface area contributed by atoms with E-state index in [0.29, 0.717) is 4.90 Å². The summed E-state index contributed by atoms with van der Waals surface area (Å²) in [6.07, 6.45) is -1.13. The van der Waals surface area contributed by atoms with E-state index in [0.717, 1.165) is 5.56 Å². The minimum Gasteiger partial charge on any atom is -0.389 e. The number of rotatable bonds is 4. The lowest BCUT2D eigenvalue weighted by Gasteiger charge is -2.05. The highest BCUT2D eigenvalue weighted by Crippen LogP contribution is 2.09. The Morgan fingerprint density at radius 3 is 2.50 bits per heavy atom. The summed E-state index contributed by atoms with van der Waals surface area (Å²) in [5.74, 6) is -0.0421. The number of benzene rings is 1. The average Bonchev–Trinajstić information content (AvgIpc) is 2.18. The van der Waals surface area contributed by atoms with Gasteiger partial charge in [-0.05, 0) is 19.1 Å². The lowest BCUT2D eigenvalue weighted by atomic mass is 10.2. The van der Waals surface area contributed by atoms with E-state index in [2.05, 4.69) is 0 Å². The number of aryl methyl sites for hydroxylation is 1. The lowest BCUT2D eigenvalue weighted by Crippen LogP contribution is -2.18. The molecule has 0 fully saturated rings. The third kappa shape index (κ3) is 3.20. The van der Waals surface area contributed by atoms with Crippen molar-refractivity contribution in [3.63, 3.8) is 0 Å². The Kier molecular flexibility index (Phi) is 4.22. The van der Waals surface area contributed by atoms with Crippen LogP contribution < -0.4 is 0 Å². The minimum absolute atomic E-state index is 0.0421. The first-order valence-corrected chi connectivity index (χ1v) is 5.64. The highest BCUT2D eigenvalue weighted by molar-refractivity contribution is 7.85. The number of hydrogen-bond donors (Lipinski definition) is 1.